The molecule has 10 heteroatoms. The Balaban J connectivity index is 0.00000180. The third kappa shape index (κ3) is 4.47. The van der Waals surface area contributed by atoms with E-state index in [1.165, 1.54) is 11.9 Å². The van der Waals surface area contributed by atoms with Gasteiger partial charge in [-0.3, -0.25) is 9.52 Å². The maximum absolute atomic E-state index is 13.2. The number of nitrogens with one attached hydrogen (secondary N) is 1. The predicted octanol–water partition coefficient (Wildman–Crippen LogP) is 3.90. The van der Waals surface area contributed by atoms with Crippen molar-refractivity contribution >= 4 is 44.5 Å². The van der Waals surface area contributed by atoms with Crippen molar-refractivity contribution in [3.05, 3.63) is 66.0 Å². The van der Waals surface area contributed by atoms with Crippen LogP contribution in [-0.2, 0) is 21.2 Å². The molecule has 8 nitrogen and oxygen atoms in total. The van der Waals surface area contributed by atoms with E-state index >= 15 is 0 Å². The largest absolute Gasteiger partial charge is 0.337 e. The van der Waals surface area contributed by atoms with Gasteiger partial charge in [-0.25, -0.2) is 13.4 Å². The molecule has 0 saturated carbocycles. The number of carbonyl (C=O) groups excluding carboxylic acids is 1. The van der Waals surface area contributed by atoms with Gasteiger partial charge in [-0.05, 0) is 36.5 Å². The van der Waals surface area contributed by atoms with Crippen LogP contribution >= 0.6 is 11.5 Å². The molecule has 1 amide bonds. The van der Waals surface area contributed by atoms with Crippen LogP contribution in [0.2, 0.25) is 0 Å². The SMILES string of the molecule is C[C@@H](C(=O)N1CCC(c2ccc(S(=O)(=O)Nc3ncns3)cc2)CC1)[N+]1=CCc2ccccc21.[HH].[HH]. The summed E-state index contributed by atoms with van der Waals surface area (Å²) in [6.45, 7) is 3.37. The number of benzene rings is 2. The van der Waals surface area contributed by atoms with Gasteiger partial charge in [0.05, 0.1) is 11.3 Å². The summed E-state index contributed by atoms with van der Waals surface area (Å²) in [6, 6.07) is 15.0. The Morgan fingerprint density at radius 2 is 1.91 bits per heavy atom. The standard InChI is InChI=1S/C24H26N5O3S2.2H2/c1-17(29-15-12-20-4-2-3-5-22(20)29)23(30)28-13-10-19(11-14-28)18-6-8-21(9-7-18)34(31,32)27-24-25-16-26-33-24;;/h2-9,15-17,19H,10-14H2,1H3,(H,25,26,27);2*1H/q+1;;/t17-;;/m0../s1. The molecule has 1 fully saturated rings. The number of sulfonamides is 1. The van der Waals surface area contributed by atoms with E-state index in [4.69, 9.17) is 0 Å². The molecule has 34 heavy (non-hydrogen) atoms. The Hall–Kier alpha value is -3.11. The van der Waals surface area contributed by atoms with Crippen molar-refractivity contribution in [2.45, 2.75) is 43.0 Å². The van der Waals surface area contributed by atoms with E-state index in [0.29, 0.717) is 19.0 Å². The number of para-hydroxylation sites is 1. The van der Waals surface area contributed by atoms with Crippen molar-refractivity contribution < 1.29 is 20.6 Å². The van der Waals surface area contributed by atoms with E-state index in [1.54, 1.807) is 12.1 Å². The Bertz CT molecular complexity index is 1320. The summed E-state index contributed by atoms with van der Waals surface area (Å²) < 4.78 is 33.4. The summed E-state index contributed by atoms with van der Waals surface area (Å²) in [4.78, 5) is 19.2. The third-order valence-corrected chi connectivity index (χ3v) is 8.67. The second-order valence-corrected chi connectivity index (χ2v) is 11.1. The van der Waals surface area contributed by atoms with Crippen molar-refractivity contribution in [2.24, 2.45) is 0 Å². The minimum atomic E-state index is -3.69. The van der Waals surface area contributed by atoms with Crippen LogP contribution in [0.4, 0.5) is 10.8 Å². The molecule has 0 aliphatic carbocycles. The van der Waals surface area contributed by atoms with Crippen LogP contribution in [0.25, 0.3) is 0 Å². The minimum Gasteiger partial charge on any atom is -0.337 e. The molecular weight excluding hydrogens is 470 g/mol. The van der Waals surface area contributed by atoms with Crippen molar-refractivity contribution in [3.63, 3.8) is 0 Å². The van der Waals surface area contributed by atoms with Gasteiger partial charge in [0.25, 0.3) is 15.9 Å². The fourth-order valence-electron chi connectivity index (χ4n) is 4.72. The average molecular weight is 501 g/mol. The molecule has 3 aromatic rings. The smallest absolute Gasteiger partial charge is 0.291 e. The molecule has 2 aromatic carbocycles. The third-order valence-electron chi connectivity index (χ3n) is 6.60. The molecular formula is C24H30N5O3S2+. The second-order valence-electron chi connectivity index (χ2n) is 8.62. The molecule has 180 valence electrons. The van der Waals surface area contributed by atoms with Gasteiger partial charge < -0.3 is 4.90 Å². The normalized spacial score (nSPS) is 17.2. The van der Waals surface area contributed by atoms with Gasteiger partial charge in [0.1, 0.15) is 6.33 Å². The highest BCUT2D eigenvalue weighted by Crippen LogP contribution is 2.31. The zero-order chi connectivity index (χ0) is 23.7. The Morgan fingerprint density at radius 3 is 2.62 bits per heavy atom. The predicted molar refractivity (Wildman–Crippen MR) is 136 cm³/mol. The van der Waals surface area contributed by atoms with Crippen molar-refractivity contribution in [1.29, 1.82) is 0 Å². The molecule has 0 radical (unpaired) electrons. The van der Waals surface area contributed by atoms with Crippen molar-refractivity contribution in [1.82, 2.24) is 14.3 Å². The maximum atomic E-state index is 13.2. The van der Waals surface area contributed by atoms with E-state index < -0.39 is 10.0 Å². The molecule has 3 heterocycles. The number of likely N-dealkylation sites (tertiary alicyclic amines) is 1. The van der Waals surface area contributed by atoms with Gasteiger partial charge in [-0.15, -0.1) is 0 Å². The number of hydrogen-bond acceptors (Lipinski definition) is 6. The number of amides is 1. The number of piperidine rings is 1. The van der Waals surface area contributed by atoms with Gasteiger partial charge in [0.15, 0.2) is 6.21 Å². The van der Waals surface area contributed by atoms with E-state index in [2.05, 4.69) is 37.0 Å². The highest BCUT2D eigenvalue weighted by atomic mass is 32.2. The van der Waals surface area contributed by atoms with Crippen LogP contribution in [0, 0.1) is 0 Å². The second kappa shape index (κ2) is 9.27. The molecule has 1 saturated heterocycles. The van der Waals surface area contributed by atoms with Gasteiger partial charge in [-0.1, -0.05) is 30.3 Å². The first kappa shape index (κ1) is 22.7. The van der Waals surface area contributed by atoms with Crippen LogP contribution in [0.1, 0.15) is 39.7 Å². The number of anilines is 1. The molecule has 0 unspecified atom stereocenters. The topological polar surface area (TPSA) is 95.3 Å². The molecule has 1 aromatic heterocycles. The molecule has 1 N–H and O–H groups in total. The number of hydrogen-bond donors (Lipinski definition) is 1. The van der Waals surface area contributed by atoms with E-state index in [1.807, 2.05) is 36.1 Å². The van der Waals surface area contributed by atoms with Gasteiger partial charge in [0, 0.05) is 46.0 Å². The Kier molecular flexibility index (Phi) is 6.18. The monoisotopic (exact) mass is 500 g/mol. The van der Waals surface area contributed by atoms with Gasteiger partial charge >= 0.3 is 0 Å². The molecule has 5 rings (SSSR count). The quantitative estimate of drug-likeness (QED) is 0.518. The molecule has 0 spiro atoms. The minimum absolute atomic E-state index is 0. The average Bonchev–Trinajstić information content (AvgIpc) is 3.53. The summed E-state index contributed by atoms with van der Waals surface area (Å²) in [6.07, 6.45) is 5.99. The summed E-state index contributed by atoms with van der Waals surface area (Å²) in [5, 5.41) is 0.241. The molecule has 0 bridgehead atoms. The molecule has 2 aliphatic heterocycles. The zero-order valence-electron chi connectivity index (χ0n) is 18.8. The first-order chi connectivity index (χ1) is 16.4. The summed E-state index contributed by atoms with van der Waals surface area (Å²) >= 11 is 0.991. The van der Waals surface area contributed by atoms with Crippen LogP contribution in [0.15, 0.2) is 59.8 Å². The highest BCUT2D eigenvalue weighted by Gasteiger charge is 2.35. The Labute approximate surface area is 206 Å². The lowest BCUT2D eigenvalue weighted by Crippen LogP contribution is -2.45. The molecule has 1 atom stereocenters. The Morgan fingerprint density at radius 1 is 1.18 bits per heavy atom. The lowest BCUT2D eigenvalue weighted by Gasteiger charge is -2.33. The van der Waals surface area contributed by atoms with Gasteiger partial charge in [0.2, 0.25) is 16.9 Å². The highest BCUT2D eigenvalue weighted by molar-refractivity contribution is 7.93. The van der Waals surface area contributed by atoms with E-state index in [0.717, 1.165) is 42.0 Å². The van der Waals surface area contributed by atoms with E-state index in [9.17, 15) is 13.2 Å². The summed E-state index contributed by atoms with van der Waals surface area (Å²) in [5.41, 5.74) is 3.47. The summed E-state index contributed by atoms with van der Waals surface area (Å²) in [5.74, 6) is 0.446. The maximum Gasteiger partial charge on any atom is 0.291 e. The van der Waals surface area contributed by atoms with E-state index in [-0.39, 0.29) is 24.8 Å². The molecule has 2 aliphatic rings. The zero-order valence-corrected chi connectivity index (χ0v) is 20.4. The number of rotatable bonds is 6. The van der Waals surface area contributed by atoms with Crippen molar-refractivity contribution in [2.75, 3.05) is 17.8 Å². The van der Waals surface area contributed by atoms with Crippen LogP contribution in [0.3, 0.4) is 0 Å². The number of carbonyl (C=O) groups is 1. The van der Waals surface area contributed by atoms with Crippen LogP contribution in [0.5, 0.6) is 0 Å². The van der Waals surface area contributed by atoms with Gasteiger partial charge in [-0.2, -0.15) is 8.95 Å². The summed E-state index contributed by atoms with van der Waals surface area (Å²) in [7, 11) is -3.69. The first-order valence-electron chi connectivity index (χ1n) is 11.3. The lowest BCUT2D eigenvalue weighted by molar-refractivity contribution is -0.460. The number of nitrogens with zero attached hydrogens (tertiary/aromatic N) is 4. The van der Waals surface area contributed by atoms with Crippen molar-refractivity contribution in [3.8, 4) is 0 Å². The number of fused-ring (bicyclic) bond motifs is 1. The van der Waals surface area contributed by atoms with Crippen LogP contribution in [-0.4, -0.2) is 58.5 Å². The number of aromatic nitrogens is 2. The van der Waals surface area contributed by atoms with Crippen LogP contribution < -0.4 is 4.72 Å². The first-order valence-corrected chi connectivity index (χ1v) is 13.6. The fraction of sp³-hybridized carbons (Fsp3) is 0.333. The lowest BCUT2D eigenvalue weighted by atomic mass is 9.89. The fourth-order valence-corrected chi connectivity index (χ4v) is 6.39.